The molecule has 160 valence electrons. The zero-order chi connectivity index (χ0) is 20.2. The number of imidazole rings is 1. The van der Waals surface area contributed by atoms with Gasteiger partial charge in [-0.3, -0.25) is 4.99 Å². The van der Waals surface area contributed by atoms with Gasteiger partial charge in [0.2, 0.25) is 5.89 Å². The number of guanidine groups is 1. The summed E-state index contributed by atoms with van der Waals surface area (Å²) in [5.74, 6) is 2.90. The predicted octanol–water partition coefficient (Wildman–Crippen LogP) is 4.12. The van der Waals surface area contributed by atoms with Crippen molar-refractivity contribution in [1.29, 1.82) is 0 Å². The Balaban J connectivity index is 0.00000256. The number of halogens is 1. The highest BCUT2D eigenvalue weighted by Crippen LogP contribution is 2.27. The minimum Gasteiger partial charge on any atom is -0.439 e. The molecule has 30 heavy (non-hydrogen) atoms. The smallest absolute Gasteiger partial charge is 0.214 e. The molecule has 0 amide bonds. The molecular formula is C22H29IN6O. The molecule has 0 saturated carbocycles. The van der Waals surface area contributed by atoms with Crippen LogP contribution in [0.1, 0.15) is 30.8 Å². The monoisotopic (exact) mass is 520 g/mol. The molecule has 1 aliphatic heterocycles. The number of aliphatic imine (C=N–C) groups is 1. The summed E-state index contributed by atoms with van der Waals surface area (Å²) in [6.45, 7) is 6.76. The lowest BCUT2D eigenvalue weighted by atomic mass is 9.93. The highest BCUT2D eigenvalue weighted by Gasteiger charge is 2.29. The lowest BCUT2D eigenvalue weighted by Crippen LogP contribution is -2.48. The molecule has 3 aromatic rings. The van der Waals surface area contributed by atoms with Crippen molar-refractivity contribution >= 4 is 29.9 Å². The van der Waals surface area contributed by atoms with Crippen LogP contribution < -0.4 is 5.32 Å². The van der Waals surface area contributed by atoms with Crippen LogP contribution in [-0.4, -0.2) is 45.5 Å². The highest BCUT2D eigenvalue weighted by atomic mass is 127. The Kier molecular flexibility index (Phi) is 7.52. The van der Waals surface area contributed by atoms with Crippen molar-refractivity contribution in [3.63, 3.8) is 0 Å². The van der Waals surface area contributed by atoms with Crippen LogP contribution in [0, 0.1) is 12.8 Å². The van der Waals surface area contributed by atoms with Gasteiger partial charge in [0.1, 0.15) is 0 Å². The van der Waals surface area contributed by atoms with E-state index in [1.165, 1.54) is 5.56 Å². The van der Waals surface area contributed by atoms with Crippen LogP contribution in [0.3, 0.4) is 0 Å². The molecule has 2 aromatic heterocycles. The summed E-state index contributed by atoms with van der Waals surface area (Å²) < 4.78 is 8.13. The molecule has 1 saturated heterocycles. The third-order valence-corrected chi connectivity index (χ3v) is 5.63. The van der Waals surface area contributed by atoms with Crippen LogP contribution in [-0.2, 0) is 6.54 Å². The van der Waals surface area contributed by atoms with E-state index < -0.39 is 0 Å². The lowest BCUT2D eigenvalue weighted by molar-refractivity contribution is 0.188. The maximum absolute atomic E-state index is 5.93. The van der Waals surface area contributed by atoms with Gasteiger partial charge in [0, 0.05) is 38.1 Å². The van der Waals surface area contributed by atoms with Gasteiger partial charge in [-0.1, -0.05) is 36.8 Å². The normalized spacial score (nSPS) is 19.4. The third-order valence-electron chi connectivity index (χ3n) is 5.63. The van der Waals surface area contributed by atoms with Crippen molar-refractivity contribution < 1.29 is 4.42 Å². The van der Waals surface area contributed by atoms with Crippen molar-refractivity contribution in [2.45, 2.75) is 32.9 Å². The topological polar surface area (TPSA) is 71.5 Å². The van der Waals surface area contributed by atoms with Crippen molar-refractivity contribution in [2.24, 2.45) is 10.9 Å². The van der Waals surface area contributed by atoms with Crippen molar-refractivity contribution in [2.75, 3.05) is 20.1 Å². The summed E-state index contributed by atoms with van der Waals surface area (Å²) >= 11 is 0. The minimum atomic E-state index is 0. The van der Waals surface area contributed by atoms with E-state index in [2.05, 4.69) is 67.9 Å². The Morgan fingerprint density at radius 3 is 2.80 bits per heavy atom. The molecule has 0 spiro atoms. The molecule has 0 aliphatic carbocycles. The summed E-state index contributed by atoms with van der Waals surface area (Å²) in [4.78, 5) is 15.4. The van der Waals surface area contributed by atoms with Gasteiger partial charge < -0.3 is 19.2 Å². The van der Waals surface area contributed by atoms with E-state index in [0.717, 1.165) is 36.8 Å². The van der Waals surface area contributed by atoms with Gasteiger partial charge in [0.25, 0.3) is 0 Å². The van der Waals surface area contributed by atoms with Crippen LogP contribution in [0.4, 0.5) is 0 Å². The first-order valence-corrected chi connectivity index (χ1v) is 10.1. The third kappa shape index (κ3) is 5.03. The van der Waals surface area contributed by atoms with Crippen LogP contribution in [0.2, 0.25) is 0 Å². The number of hydrogen-bond donors (Lipinski definition) is 1. The first-order chi connectivity index (χ1) is 14.1. The van der Waals surface area contributed by atoms with Crippen molar-refractivity contribution in [3.05, 3.63) is 60.6 Å². The Bertz CT molecular complexity index is 950. The molecule has 1 aromatic carbocycles. The quantitative estimate of drug-likeness (QED) is 0.319. The van der Waals surface area contributed by atoms with E-state index in [9.17, 15) is 0 Å². The summed E-state index contributed by atoms with van der Waals surface area (Å²) in [7, 11) is 1.82. The number of nitrogens with zero attached hydrogens (tertiary/aromatic N) is 5. The van der Waals surface area contributed by atoms with Gasteiger partial charge in [-0.15, -0.1) is 24.0 Å². The second-order valence-corrected chi connectivity index (χ2v) is 7.67. The maximum Gasteiger partial charge on any atom is 0.214 e. The van der Waals surface area contributed by atoms with Crippen LogP contribution >= 0.6 is 24.0 Å². The molecule has 2 atom stereocenters. The van der Waals surface area contributed by atoms with E-state index >= 15 is 0 Å². The molecule has 1 fully saturated rings. The van der Waals surface area contributed by atoms with Crippen LogP contribution in [0.15, 0.2) is 58.6 Å². The fourth-order valence-electron chi connectivity index (χ4n) is 3.83. The molecule has 0 radical (unpaired) electrons. The van der Waals surface area contributed by atoms with Crippen LogP contribution in [0.5, 0.6) is 0 Å². The van der Waals surface area contributed by atoms with Gasteiger partial charge in [-0.2, -0.15) is 0 Å². The molecule has 1 aliphatic rings. The van der Waals surface area contributed by atoms with Crippen molar-refractivity contribution in [1.82, 2.24) is 24.8 Å². The zero-order valence-electron chi connectivity index (χ0n) is 17.7. The Morgan fingerprint density at radius 1 is 1.30 bits per heavy atom. The maximum atomic E-state index is 5.93. The van der Waals surface area contributed by atoms with E-state index in [1.54, 1.807) is 6.20 Å². The van der Waals surface area contributed by atoms with Crippen molar-refractivity contribution in [3.8, 4) is 11.3 Å². The minimum absolute atomic E-state index is 0. The fourth-order valence-corrected chi connectivity index (χ4v) is 3.83. The predicted molar refractivity (Wildman–Crippen MR) is 129 cm³/mol. The second-order valence-electron chi connectivity index (χ2n) is 7.67. The summed E-state index contributed by atoms with van der Waals surface area (Å²) in [6, 6.07) is 8.64. The Labute approximate surface area is 194 Å². The first-order valence-electron chi connectivity index (χ1n) is 10.1. The van der Waals surface area contributed by atoms with Gasteiger partial charge >= 0.3 is 0 Å². The van der Waals surface area contributed by atoms with Gasteiger partial charge in [-0.05, 0) is 19.3 Å². The van der Waals surface area contributed by atoms with E-state index in [0.29, 0.717) is 24.4 Å². The molecule has 4 rings (SSSR count). The number of benzene rings is 1. The van der Waals surface area contributed by atoms with Crippen LogP contribution in [0.25, 0.3) is 11.3 Å². The summed E-state index contributed by atoms with van der Waals surface area (Å²) in [5, 5.41) is 3.40. The molecule has 0 bridgehead atoms. The molecule has 3 heterocycles. The fraction of sp³-hybridized carbons (Fsp3) is 0.409. The Morgan fingerprint density at radius 2 is 2.10 bits per heavy atom. The molecule has 1 N–H and O–H groups in total. The number of nitrogens with one attached hydrogen (secondary N) is 1. The number of piperidine rings is 1. The number of oxazole rings is 1. The van der Waals surface area contributed by atoms with Gasteiger partial charge in [0.15, 0.2) is 11.7 Å². The van der Waals surface area contributed by atoms with E-state index in [-0.39, 0.29) is 24.0 Å². The lowest BCUT2D eigenvalue weighted by Gasteiger charge is -2.39. The molecule has 2 unspecified atom stereocenters. The zero-order valence-corrected chi connectivity index (χ0v) is 20.0. The number of hydrogen-bond acceptors (Lipinski definition) is 4. The average Bonchev–Trinajstić information content (AvgIpc) is 3.42. The number of likely N-dealkylation sites (tertiary alicyclic amines) is 1. The largest absolute Gasteiger partial charge is 0.439 e. The standard InChI is InChI=1S/C22H28N6O.HI/c1-16-4-6-18(7-5-16)20-12-25-21(29-20)13-26-22(23-3)27-10-8-17(2)19(14-27)28-11-9-24-15-28;/h4-7,9,11-12,15,17,19H,8,10,13-14H2,1-3H3,(H,23,26);1H. The average molecular weight is 520 g/mol. The van der Waals surface area contributed by atoms with E-state index in [4.69, 9.17) is 4.42 Å². The number of rotatable bonds is 4. The summed E-state index contributed by atoms with van der Waals surface area (Å²) in [5.41, 5.74) is 2.26. The molecule has 8 heteroatoms. The summed E-state index contributed by atoms with van der Waals surface area (Å²) in [6.07, 6.45) is 8.68. The Hall–Kier alpha value is -2.36. The number of aryl methyl sites for hydroxylation is 1. The van der Waals surface area contributed by atoms with Gasteiger partial charge in [0.05, 0.1) is 25.1 Å². The molecule has 7 nitrogen and oxygen atoms in total. The number of aromatic nitrogens is 3. The van der Waals surface area contributed by atoms with E-state index in [1.807, 2.05) is 25.8 Å². The SMILES string of the molecule is CN=C(NCc1ncc(-c2ccc(C)cc2)o1)N1CCC(C)C(n2ccnc2)C1.I. The van der Waals surface area contributed by atoms with Gasteiger partial charge in [-0.25, -0.2) is 9.97 Å². The second kappa shape index (κ2) is 10.1. The first kappa shape index (κ1) is 22.3. The highest BCUT2D eigenvalue weighted by molar-refractivity contribution is 14.0. The molecular weight excluding hydrogens is 491 g/mol.